The third kappa shape index (κ3) is 9.25. The Morgan fingerprint density at radius 1 is 1.07 bits per heavy atom. The van der Waals surface area contributed by atoms with Gasteiger partial charge in [0.05, 0.1) is 0 Å². The summed E-state index contributed by atoms with van der Waals surface area (Å²) in [5.41, 5.74) is 0. The van der Waals surface area contributed by atoms with Crippen LogP contribution >= 0.6 is 0 Å². The summed E-state index contributed by atoms with van der Waals surface area (Å²) in [6.45, 7) is 2.03. The molecule has 0 rings (SSSR count). The normalized spacial score (nSPS) is 12.3. The van der Waals surface area contributed by atoms with Crippen LogP contribution in [0.25, 0.3) is 0 Å². The molecule has 4 nitrogen and oxygen atoms in total. The van der Waals surface area contributed by atoms with Crippen molar-refractivity contribution in [2.75, 3.05) is 0 Å². The van der Waals surface area contributed by atoms with Crippen molar-refractivity contribution in [1.82, 2.24) is 0 Å². The summed E-state index contributed by atoms with van der Waals surface area (Å²) in [4.78, 5) is 20.8. The van der Waals surface area contributed by atoms with Crippen molar-refractivity contribution in [2.24, 2.45) is 5.92 Å². The summed E-state index contributed by atoms with van der Waals surface area (Å²) in [7, 11) is 0. The minimum absolute atomic E-state index is 0.186. The number of rotatable bonds is 9. The second-order valence-corrected chi connectivity index (χ2v) is 3.89. The van der Waals surface area contributed by atoms with Gasteiger partial charge < -0.3 is 10.2 Å². The van der Waals surface area contributed by atoms with Crippen LogP contribution in [0.3, 0.4) is 0 Å². The zero-order valence-corrected chi connectivity index (χ0v) is 9.24. The van der Waals surface area contributed by atoms with E-state index >= 15 is 0 Å². The van der Waals surface area contributed by atoms with E-state index in [0.717, 1.165) is 25.7 Å². The van der Waals surface area contributed by atoms with Crippen LogP contribution in [-0.4, -0.2) is 22.2 Å². The molecule has 0 aliphatic carbocycles. The highest BCUT2D eigenvalue weighted by Crippen LogP contribution is 2.19. The lowest BCUT2D eigenvalue weighted by Crippen LogP contribution is -2.08. The van der Waals surface area contributed by atoms with Gasteiger partial charge in [0.25, 0.3) is 0 Å². The second-order valence-electron chi connectivity index (χ2n) is 3.89. The maximum Gasteiger partial charge on any atom is 0.303 e. The molecule has 0 saturated carbocycles. The minimum Gasteiger partial charge on any atom is -0.481 e. The van der Waals surface area contributed by atoms with Gasteiger partial charge in [-0.2, -0.15) is 0 Å². The van der Waals surface area contributed by atoms with E-state index in [9.17, 15) is 9.59 Å². The molecule has 0 spiro atoms. The lowest BCUT2D eigenvalue weighted by molar-refractivity contribution is -0.139. The number of hydrogen-bond donors (Lipinski definition) is 2. The predicted molar refractivity (Wildman–Crippen MR) is 56.8 cm³/mol. The average Bonchev–Trinajstić information content (AvgIpc) is 2.11. The molecule has 4 heteroatoms. The maximum atomic E-state index is 10.5. The SMILES string of the molecule is CCCC(CCCCC(=O)O)CC(=O)O. The van der Waals surface area contributed by atoms with Gasteiger partial charge >= 0.3 is 11.9 Å². The van der Waals surface area contributed by atoms with Gasteiger partial charge in [-0.3, -0.25) is 9.59 Å². The molecule has 0 saturated heterocycles. The molecule has 0 amide bonds. The summed E-state index contributed by atoms with van der Waals surface area (Å²) in [5.74, 6) is -1.33. The number of aliphatic carboxylic acids is 2. The standard InChI is InChI=1S/C11H20O4/c1-2-5-9(8-11(14)15)6-3-4-7-10(12)13/h9H,2-8H2,1H3,(H,12,13)(H,14,15). The topological polar surface area (TPSA) is 74.6 Å². The van der Waals surface area contributed by atoms with Crippen molar-refractivity contribution in [3.8, 4) is 0 Å². The lowest BCUT2D eigenvalue weighted by atomic mass is 9.93. The van der Waals surface area contributed by atoms with E-state index in [2.05, 4.69) is 0 Å². The Morgan fingerprint density at radius 2 is 1.73 bits per heavy atom. The molecule has 1 unspecified atom stereocenters. The van der Waals surface area contributed by atoms with Gasteiger partial charge in [0.2, 0.25) is 0 Å². The van der Waals surface area contributed by atoms with Gasteiger partial charge in [-0.25, -0.2) is 0 Å². The summed E-state index contributed by atoms with van der Waals surface area (Å²) in [6, 6.07) is 0. The van der Waals surface area contributed by atoms with Crippen LogP contribution in [-0.2, 0) is 9.59 Å². The number of carboxylic acids is 2. The maximum absolute atomic E-state index is 10.5. The van der Waals surface area contributed by atoms with E-state index in [1.807, 2.05) is 6.92 Å². The highest BCUT2D eigenvalue weighted by molar-refractivity contribution is 5.67. The number of carboxylic acid groups (broad SMARTS) is 2. The van der Waals surface area contributed by atoms with Gasteiger partial charge in [0.1, 0.15) is 0 Å². The first-order valence-electron chi connectivity index (χ1n) is 5.49. The van der Waals surface area contributed by atoms with E-state index < -0.39 is 11.9 Å². The number of unbranched alkanes of at least 4 members (excludes halogenated alkanes) is 1. The molecule has 15 heavy (non-hydrogen) atoms. The molecule has 0 heterocycles. The molecule has 0 aliphatic rings. The van der Waals surface area contributed by atoms with Crippen LogP contribution in [0.2, 0.25) is 0 Å². The molecular formula is C11H20O4. The number of hydrogen-bond acceptors (Lipinski definition) is 2. The Hall–Kier alpha value is -1.06. The van der Waals surface area contributed by atoms with Gasteiger partial charge in [0.15, 0.2) is 0 Å². The first kappa shape index (κ1) is 13.9. The largest absolute Gasteiger partial charge is 0.481 e. The van der Waals surface area contributed by atoms with Crippen LogP contribution in [0.1, 0.15) is 51.9 Å². The van der Waals surface area contributed by atoms with Crippen molar-refractivity contribution in [1.29, 1.82) is 0 Å². The summed E-state index contributed by atoms with van der Waals surface area (Å²) >= 11 is 0. The first-order chi connectivity index (χ1) is 7.06. The molecule has 0 aromatic heterocycles. The smallest absolute Gasteiger partial charge is 0.303 e. The second kappa shape index (κ2) is 8.26. The third-order valence-electron chi connectivity index (χ3n) is 2.41. The Bertz CT molecular complexity index is 201. The average molecular weight is 216 g/mol. The predicted octanol–water partition coefficient (Wildman–Crippen LogP) is 2.52. The van der Waals surface area contributed by atoms with Crippen molar-refractivity contribution < 1.29 is 19.8 Å². The van der Waals surface area contributed by atoms with Crippen LogP contribution in [0.15, 0.2) is 0 Å². The Balaban J connectivity index is 3.65. The fourth-order valence-electron chi connectivity index (χ4n) is 1.71. The van der Waals surface area contributed by atoms with Crippen LogP contribution in [0.5, 0.6) is 0 Å². The first-order valence-corrected chi connectivity index (χ1v) is 5.49. The van der Waals surface area contributed by atoms with E-state index in [4.69, 9.17) is 10.2 Å². The highest BCUT2D eigenvalue weighted by atomic mass is 16.4. The van der Waals surface area contributed by atoms with Gasteiger partial charge in [-0.1, -0.05) is 26.2 Å². The van der Waals surface area contributed by atoms with E-state index in [-0.39, 0.29) is 18.8 Å². The van der Waals surface area contributed by atoms with Crippen LogP contribution < -0.4 is 0 Å². The zero-order chi connectivity index (χ0) is 11.7. The fourth-order valence-corrected chi connectivity index (χ4v) is 1.71. The molecule has 2 N–H and O–H groups in total. The molecule has 0 aromatic carbocycles. The van der Waals surface area contributed by atoms with Crippen molar-refractivity contribution in [2.45, 2.75) is 51.9 Å². The van der Waals surface area contributed by atoms with Gasteiger partial charge in [-0.15, -0.1) is 0 Å². The number of carbonyl (C=O) groups is 2. The van der Waals surface area contributed by atoms with Gasteiger partial charge in [-0.05, 0) is 18.8 Å². The summed E-state index contributed by atoms with van der Waals surface area (Å²) in [5, 5.41) is 17.1. The minimum atomic E-state index is -0.778. The van der Waals surface area contributed by atoms with Crippen molar-refractivity contribution in [3.05, 3.63) is 0 Å². The Labute approximate surface area is 90.3 Å². The Morgan fingerprint density at radius 3 is 2.20 bits per heavy atom. The van der Waals surface area contributed by atoms with E-state index in [1.165, 1.54) is 0 Å². The molecule has 0 fully saturated rings. The molecule has 88 valence electrons. The van der Waals surface area contributed by atoms with Crippen LogP contribution in [0.4, 0.5) is 0 Å². The van der Waals surface area contributed by atoms with Crippen molar-refractivity contribution in [3.63, 3.8) is 0 Å². The molecule has 0 aromatic rings. The van der Waals surface area contributed by atoms with E-state index in [1.54, 1.807) is 0 Å². The molecular weight excluding hydrogens is 196 g/mol. The van der Waals surface area contributed by atoms with E-state index in [0.29, 0.717) is 6.42 Å². The van der Waals surface area contributed by atoms with Crippen LogP contribution in [0, 0.1) is 5.92 Å². The van der Waals surface area contributed by atoms with Gasteiger partial charge in [0, 0.05) is 12.8 Å². The van der Waals surface area contributed by atoms with Crippen molar-refractivity contribution >= 4 is 11.9 Å². The molecule has 0 bridgehead atoms. The summed E-state index contributed by atoms with van der Waals surface area (Å²) in [6.07, 6.45) is 4.58. The third-order valence-corrected chi connectivity index (χ3v) is 2.41. The highest BCUT2D eigenvalue weighted by Gasteiger charge is 2.12. The molecule has 0 radical (unpaired) electrons. The summed E-state index contributed by atoms with van der Waals surface area (Å²) < 4.78 is 0. The lowest BCUT2D eigenvalue weighted by Gasteiger charge is -2.12. The zero-order valence-electron chi connectivity index (χ0n) is 9.24. The Kier molecular flexibility index (Phi) is 7.68. The molecule has 0 aliphatic heterocycles. The fraction of sp³-hybridized carbons (Fsp3) is 0.818. The monoisotopic (exact) mass is 216 g/mol. The molecule has 1 atom stereocenters. The quantitative estimate of drug-likeness (QED) is 0.581.